The monoisotopic (exact) mass is 558 g/mol. The molecule has 0 unspecified atom stereocenters. The fourth-order valence-electron chi connectivity index (χ4n) is 5.46. The molecule has 218 valence electrons. The van der Waals surface area contributed by atoms with Crippen molar-refractivity contribution in [1.29, 1.82) is 0 Å². The third kappa shape index (κ3) is 6.60. The van der Waals surface area contributed by atoms with Gasteiger partial charge in [0.05, 0.1) is 30.9 Å². The van der Waals surface area contributed by atoms with Crippen molar-refractivity contribution in [2.75, 3.05) is 45.9 Å². The first kappa shape index (κ1) is 29.4. The number of unbranched alkanes of at least 4 members (excludes halogenated alkanes) is 1. The topological polar surface area (TPSA) is 121 Å². The summed E-state index contributed by atoms with van der Waals surface area (Å²) in [5, 5.41) is 18.3. The van der Waals surface area contributed by atoms with Crippen molar-refractivity contribution in [3.8, 4) is 5.69 Å². The first-order valence-corrected chi connectivity index (χ1v) is 14.1. The van der Waals surface area contributed by atoms with Crippen molar-refractivity contribution < 1.29 is 28.6 Å². The summed E-state index contributed by atoms with van der Waals surface area (Å²) in [6, 6.07) is 5.68. The molecule has 1 aromatic carbocycles. The largest absolute Gasteiger partial charge is 0.465 e. The average Bonchev–Trinajstić information content (AvgIpc) is 3.37. The fraction of sp³-hybridized carbons (Fsp3) is 0.607. The second kappa shape index (κ2) is 13.2. The molecule has 0 bridgehead atoms. The normalized spacial score (nSPS) is 19.6. The minimum Gasteiger partial charge on any atom is -0.465 e. The molecule has 0 spiro atoms. The molecule has 0 aliphatic carbocycles. The summed E-state index contributed by atoms with van der Waals surface area (Å²) in [6.07, 6.45) is 1.28. The lowest BCUT2D eigenvalue weighted by Gasteiger charge is -2.43. The second-order valence-corrected chi connectivity index (χ2v) is 10.9. The van der Waals surface area contributed by atoms with Crippen LogP contribution in [0.4, 0.5) is 9.18 Å². The van der Waals surface area contributed by atoms with Crippen molar-refractivity contribution >= 4 is 17.9 Å². The molecule has 2 saturated heterocycles. The van der Waals surface area contributed by atoms with E-state index in [1.54, 1.807) is 28.0 Å². The van der Waals surface area contributed by atoms with Crippen LogP contribution in [0, 0.1) is 17.7 Å². The van der Waals surface area contributed by atoms with Gasteiger partial charge in [0.15, 0.2) is 5.69 Å². The minimum absolute atomic E-state index is 0.0678. The van der Waals surface area contributed by atoms with Gasteiger partial charge in [0, 0.05) is 32.7 Å². The average molecular weight is 559 g/mol. The van der Waals surface area contributed by atoms with Gasteiger partial charge in [-0.15, -0.1) is 5.10 Å². The molecule has 4 rings (SSSR count). The lowest BCUT2D eigenvalue weighted by atomic mass is 9.91. The molecule has 2 aliphatic heterocycles. The highest BCUT2D eigenvalue weighted by molar-refractivity contribution is 5.94. The van der Waals surface area contributed by atoms with Crippen LogP contribution in [0.1, 0.15) is 56.2 Å². The number of benzene rings is 1. The highest BCUT2D eigenvalue weighted by Crippen LogP contribution is 2.27. The number of aromatic nitrogens is 3. The van der Waals surface area contributed by atoms with Crippen LogP contribution in [0.25, 0.3) is 5.69 Å². The van der Waals surface area contributed by atoms with Crippen LogP contribution in [0.15, 0.2) is 24.3 Å². The Morgan fingerprint density at radius 1 is 1.15 bits per heavy atom. The van der Waals surface area contributed by atoms with Crippen molar-refractivity contribution in [2.45, 2.75) is 52.5 Å². The smallest absolute Gasteiger partial charge is 0.407 e. The van der Waals surface area contributed by atoms with E-state index in [4.69, 9.17) is 4.74 Å². The maximum Gasteiger partial charge on any atom is 0.407 e. The number of para-hydroxylation sites is 1. The number of carbonyl (C=O) groups excluding carboxylic acids is 2. The summed E-state index contributed by atoms with van der Waals surface area (Å²) in [5.74, 6) is -1.50. The summed E-state index contributed by atoms with van der Waals surface area (Å²) in [4.78, 5) is 44.3. The van der Waals surface area contributed by atoms with Crippen molar-refractivity contribution in [3.05, 3.63) is 41.5 Å². The SMILES string of the molecule is CCCCc1c(C(=O)N(CC(C)C)[C@H]2C[C@@H](C(=O)N3CCOCC3)CN(C(=O)O)C2)nnn1-c1ccccc1F. The molecule has 3 amide bonds. The van der Waals surface area contributed by atoms with Crippen LogP contribution < -0.4 is 0 Å². The van der Waals surface area contributed by atoms with Crippen LogP contribution >= 0.6 is 0 Å². The van der Waals surface area contributed by atoms with Crippen LogP contribution in [0.3, 0.4) is 0 Å². The highest BCUT2D eigenvalue weighted by Gasteiger charge is 2.41. The first-order valence-electron chi connectivity index (χ1n) is 14.1. The molecule has 1 aromatic heterocycles. The summed E-state index contributed by atoms with van der Waals surface area (Å²) in [7, 11) is 0. The zero-order valence-corrected chi connectivity index (χ0v) is 23.5. The van der Waals surface area contributed by atoms with Crippen molar-refractivity contribution in [2.24, 2.45) is 11.8 Å². The molecular weight excluding hydrogens is 519 g/mol. The van der Waals surface area contributed by atoms with Gasteiger partial charge in [-0.05, 0) is 37.3 Å². The van der Waals surface area contributed by atoms with Gasteiger partial charge in [0.2, 0.25) is 5.91 Å². The maximum atomic E-state index is 14.7. The molecule has 2 aliphatic rings. The molecule has 12 heteroatoms. The molecule has 1 N–H and O–H groups in total. The number of halogens is 1. The van der Waals surface area contributed by atoms with E-state index in [-0.39, 0.29) is 36.3 Å². The van der Waals surface area contributed by atoms with E-state index in [0.29, 0.717) is 51.4 Å². The van der Waals surface area contributed by atoms with E-state index in [0.717, 1.165) is 12.8 Å². The molecule has 2 aromatic rings. The third-order valence-electron chi connectivity index (χ3n) is 7.45. The molecule has 2 atom stereocenters. The summed E-state index contributed by atoms with van der Waals surface area (Å²) >= 11 is 0. The number of carboxylic acid groups (broad SMARTS) is 1. The van der Waals surface area contributed by atoms with E-state index in [9.17, 15) is 23.9 Å². The predicted octanol–water partition coefficient (Wildman–Crippen LogP) is 3.07. The highest BCUT2D eigenvalue weighted by atomic mass is 19.1. The molecule has 40 heavy (non-hydrogen) atoms. The van der Waals surface area contributed by atoms with Crippen molar-refractivity contribution in [1.82, 2.24) is 29.7 Å². The van der Waals surface area contributed by atoms with Crippen LogP contribution in [0.2, 0.25) is 0 Å². The van der Waals surface area contributed by atoms with Crippen LogP contribution in [-0.2, 0) is 16.0 Å². The Bertz CT molecular complexity index is 1200. The van der Waals surface area contributed by atoms with Gasteiger partial charge in [-0.2, -0.15) is 0 Å². The number of likely N-dealkylation sites (tertiary alicyclic amines) is 1. The number of ether oxygens (including phenoxy) is 1. The van der Waals surface area contributed by atoms with Crippen molar-refractivity contribution in [3.63, 3.8) is 0 Å². The van der Waals surface area contributed by atoms with E-state index >= 15 is 0 Å². The lowest BCUT2D eigenvalue weighted by molar-refractivity contribution is -0.142. The number of morpholine rings is 1. The van der Waals surface area contributed by atoms with Crippen LogP contribution in [0.5, 0.6) is 0 Å². The zero-order valence-electron chi connectivity index (χ0n) is 23.5. The Morgan fingerprint density at radius 3 is 2.52 bits per heavy atom. The van der Waals surface area contributed by atoms with E-state index in [2.05, 4.69) is 10.3 Å². The van der Waals surface area contributed by atoms with E-state index < -0.39 is 29.8 Å². The maximum absolute atomic E-state index is 14.7. The Morgan fingerprint density at radius 2 is 1.88 bits per heavy atom. The predicted molar refractivity (Wildman–Crippen MR) is 145 cm³/mol. The Hall–Kier alpha value is -3.54. The molecule has 0 radical (unpaired) electrons. The van der Waals surface area contributed by atoms with Gasteiger partial charge in [0.1, 0.15) is 11.5 Å². The number of nitrogens with zero attached hydrogens (tertiary/aromatic N) is 6. The third-order valence-corrected chi connectivity index (χ3v) is 7.45. The molecule has 11 nitrogen and oxygen atoms in total. The van der Waals surface area contributed by atoms with Gasteiger partial charge in [-0.3, -0.25) is 9.59 Å². The summed E-state index contributed by atoms with van der Waals surface area (Å²) in [5.41, 5.74) is 0.847. The molecular formula is C28H39FN6O5. The summed E-state index contributed by atoms with van der Waals surface area (Å²) in [6.45, 7) is 8.30. The van der Waals surface area contributed by atoms with Gasteiger partial charge in [0.25, 0.3) is 5.91 Å². The second-order valence-electron chi connectivity index (χ2n) is 10.9. The van der Waals surface area contributed by atoms with Gasteiger partial charge < -0.3 is 24.5 Å². The number of piperidine rings is 1. The van der Waals surface area contributed by atoms with E-state index in [1.165, 1.54) is 15.6 Å². The van der Waals surface area contributed by atoms with Crippen LogP contribution in [-0.4, -0.2) is 105 Å². The van der Waals surface area contributed by atoms with E-state index in [1.807, 2.05) is 20.8 Å². The number of hydrogen-bond donors (Lipinski definition) is 1. The summed E-state index contributed by atoms with van der Waals surface area (Å²) < 4.78 is 21.5. The number of hydrogen-bond acceptors (Lipinski definition) is 6. The minimum atomic E-state index is -1.13. The Balaban J connectivity index is 1.68. The molecule has 0 saturated carbocycles. The quantitative estimate of drug-likeness (QED) is 0.502. The number of rotatable bonds is 9. The Labute approximate surface area is 233 Å². The lowest BCUT2D eigenvalue weighted by Crippen LogP contribution is -2.58. The standard InChI is InChI=1S/C28H39FN6O5/c1-4-5-9-24-25(30-31-35(24)23-10-7-6-8-22(23)29)27(37)34(16-19(2)3)21-15-20(17-33(18-21)28(38)39)26(36)32-11-13-40-14-12-32/h6-8,10,19-21H,4-5,9,11-18H2,1-3H3,(H,38,39)/t20-,21+/m1/s1. The molecule has 3 heterocycles. The fourth-order valence-corrected chi connectivity index (χ4v) is 5.46. The number of amides is 3. The molecule has 2 fully saturated rings. The Kier molecular flexibility index (Phi) is 9.72. The zero-order chi connectivity index (χ0) is 28.8. The first-order chi connectivity index (χ1) is 19.2. The van der Waals surface area contributed by atoms with Gasteiger partial charge >= 0.3 is 6.09 Å². The number of carbonyl (C=O) groups is 3. The van der Waals surface area contributed by atoms with Gasteiger partial charge in [-0.1, -0.05) is 44.5 Å². The van der Waals surface area contributed by atoms with Gasteiger partial charge in [-0.25, -0.2) is 13.9 Å².